The Morgan fingerprint density at radius 2 is 2.07 bits per heavy atom. The molecule has 0 bridgehead atoms. The summed E-state index contributed by atoms with van der Waals surface area (Å²) in [6.07, 6.45) is 0.387. The Morgan fingerprint density at radius 3 is 2.60 bits per heavy atom. The largest absolute Gasteiger partial charge is 0.266 e. The Hall–Kier alpha value is -0.590. The van der Waals surface area contributed by atoms with E-state index in [4.69, 9.17) is 23.2 Å². The molecule has 0 saturated carbocycles. The Morgan fingerprint density at radius 1 is 1.33 bits per heavy atom. The van der Waals surface area contributed by atoms with E-state index in [1.807, 2.05) is 0 Å². The van der Waals surface area contributed by atoms with Gasteiger partial charge >= 0.3 is 0 Å². The van der Waals surface area contributed by atoms with E-state index in [2.05, 4.69) is 14.9 Å². The molecular formula is C7H9Cl2N3O2S. The topological polar surface area (TPSA) is 72.0 Å². The third-order valence-electron chi connectivity index (χ3n) is 1.44. The number of aromatic nitrogens is 2. The summed E-state index contributed by atoms with van der Waals surface area (Å²) in [5.74, 6) is 0.405. The molecule has 1 heterocycles. The second kappa shape index (κ2) is 5.48. The number of anilines is 1. The SMILES string of the molecule is O=S(=O)(CCCCl)Nc1ccc(Cl)nn1. The lowest BCUT2D eigenvalue weighted by Gasteiger charge is -2.04. The maximum absolute atomic E-state index is 11.4. The summed E-state index contributed by atoms with van der Waals surface area (Å²) >= 11 is 10.9. The van der Waals surface area contributed by atoms with Crippen LogP contribution in [0.25, 0.3) is 0 Å². The minimum absolute atomic E-state index is 0.0409. The van der Waals surface area contributed by atoms with Crippen molar-refractivity contribution in [2.24, 2.45) is 0 Å². The van der Waals surface area contributed by atoms with E-state index in [1.165, 1.54) is 12.1 Å². The van der Waals surface area contributed by atoms with Gasteiger partial charge in [0.1, 0.15) is 0 Å². The van der Waals surface area contributed by atoms with Gasteiger partial charge in [-0.3, -0.25) is 4.72 Å². The van der Waals surface area contributed by atoms with Gasteiger partial charge in [0, 0.05) is 5.88 Å². The van der Waals surface area contributed by atoms with Gasteiger partial charge < -0.3 is 0 Å². The molecule has 0 unspecified atom stereocenters. The molecule has 1 aromatic heterocycles. The van der Waals surface area contributed by atoms with Crippen LogP contribution < -0.4 is 4.72 Å². The lowest BCUT2D eigenvalue weighted by molar-refractivity contribution is 0.599. The standard InChI is InChI=1S/C7H9Cl2N3O2S/c8-4-1-5-15(13,14)12-7-3-2-6(9)10-11-7/h2-3H,1,4-5H2,(H,11,12). The van der Waals surface area contributed by atoms with E-state index in [1.54, 1.807) is 0 Å². The van der Waals surface area contributed by atoms with Crippen LogP contribution in [0.1, 0.15) is 6.42 Å². The average molecular weight is 270 g/mol. The van der Waals surface area contributed by atoms with E-state index in [0.29, 0.717) is 12.3 Å². The average Bonchev–Trinajstić information content (AvgIpc) is 2.18. The van der Waals surface area contributed by atoms with Crippen LogP contribution in [0.15, 0.2) is 12.1 Å². The number of rotatable bonds is 5. The summed E-state index contributed by atoms with van der Waals surface area (Å²) in [5.41, 5.74) is 0. The van der Waals surface area contributed by atoms with Gasteiger partial charge in [-0.25, -0.2) is 8.42 Å². The predicted molar refractivity (Wildman–Crippen MR) is 59.8 cm³/mol. The van der Waals surface area contributed by atoms with Crippen LogP contribution in [0.4, 0.5) is 5.82 Å². The van der Waals surface area contributed by atoms with Crippen molar-refractivity contribution >= 4 is 39.0 Å². The Bertz CT molecular complexity index is 407. The van der Waals surface area contributed by atoms with Crippen molar-refractivity contribution in [3.63, 3.8) is 0 Å². The van der Waals surface area contributed by atoms with Gasteiger partial charge in [0.2, 0.25) is 10.0 Å². The van der Waals surface area contributed by atoms with E-state index in [0.717, 1.165) is 0 Å². The number of hydrogen-bond donors (Lipinski definition) is 1. The highest BCUT2D eigenvalue weighted by molar-refractivity contribution is 7.92. The van der Waals surface area contributed by atoms with Gasteiger partial charge in [-0.15, -0.1) is 21.8 Å². The van der Waals surface area contributed by atoms with Crippen molar-refractivity contribution < 1.29 is 8.42 Å². The lowest BCUT2D eigenvalue weighted by Crippen LogP contribution is -2.17. The molecule has 8 heteroatoms. The summed E-state index contributed by atoms with van der Waals surface area (Å²) in [7, 11) is -3.39. The van der Waals surface area contributed by atoms with Gasteiger partial charge in [-0.1, -0.05) is 11.6 Å². The fraction of sp³-hybridized carbons (Fsp3) is 0.429. The third kappa shape index (κ3) is 4.63. The summed E-state index contributed by atoms with van der Waals surface area (Å²) in [6.45, 7) is 0. The molecule has 15 heavy (non-hydrogen) atoms. The second-order valence-electron chi connectivity index (χ2n) is 2.70. The third-order valence-corrected chi connectivity index (χ3v) is 3.25. The second-order valence-corrected chi connectivity index (χ2v) is 5.31. The first-order chi connectivity index (χ1) is 7.03. The summed E-state index contributed by atoms with van der Waals surface area (Å²) < 4.78 is 25.0. The lowest BCUT2D eigenvalue weighted by atomic mass is 10.5. The fourth-order valence-corrected chi connectivity index (χ4v) is 2.27. The van der Waals surface area contributed by atoms with Crippen LogP contribution in [0.2, 0.25) is 5.15 Å². The van der Waals surface area contributed by atoms with Gasteiger partial charge in [0.25, 0.3) is 0 Å². The smallest absolute Gasteiger partial charge is 0.233 e. The first-order valence-electron chi connectivity index (χ1n) is 4.09. The number of nitrogens with one attached hydrogen (secondary N) is 1. The molecule has 0 atom stereocenters. The number of alkyl halides is 1. The molecule has 0 fully saturated rings. The molecule has 1 rings (SSSR count). The molecule has 0 aliphatic carbocycles. The molecule has 0 spiro atoms. The molecule has 0 aromatic carbocycles. The van der Waals surface area contributed by atoms with Crippen molar-refractivity contribution in [2.75, 3.05) is 16.4 Å². The fourth-order valence-electron chi connectivity index (χ4n) is 0.825. The van der Waals surface area contributed by atoms with Crippen LogP contribution in [-0.4, -0.2) is 30.2 Å². The van der Waals surface area contributed by atoms with E-state index in [-0.39, 0.29) is 16.7 Å². The molecule has 84 valence electrons. The zero-order valence-electron chi connectivity index (χ0n) is 7.65. The highest BCUT2D eigenvalue weighted by atomic mass is 35.5. The van der Waals surface area contributed by atoms with Gasteiger partial charge in [-0.2, -0.15) is 0 Å². The maximum atomic E-state index is 11.4. The predicted octanol–water partition coefficient (Wildman–Crippen LogP) is 1.50. The van der Waals surface area contributed by atoms with Crippen molar-refractivity contribution in [1.82, 2.24) is 10.2 Å². The summed E-state index contributed by atoms with van der Waals surface area (Å²) in [4.78, 5) is 0. The van der Waals surface area contributed by atoms with Crippen molar-refractivity contribution in [3.8, 4) is 0 Å². The van der Waals surface area contributed by atoms with E-state index in [9.17, 15) is 8.42 Å². The monoisotopic (exact) mass is 269 g/mol. The summed E-state index contributed by atoms with van der Waals surface area (Å²) in [5, 5.41) is 7.28. The highest BCUT2D eigenvalue weighted by Gasteiger charge is 2.10. The van der Waals surface area contributed by atoms with Gasteiger partial charge in [-0.05, 0) is 18.6 Å². The Labute approximate surface area is 97.9 Å². The van der Waals surface area contributed by atoms with Crippen LogP contribution in [0.5, 0.6) is 0 Å². The van der Waals surface area contributed by atoms with E-state index >= 15 is 0 Å². The van der Waals surface area contributed by atoms with E-state index < -0.39 is 10.0 Å². The number of sulfonamides is 1. The quantitative estimate of drug-likeness (QED) is 0.823. The van der Waals surface area contributed by atoms with Crippen LogP contribution in [0, 0.1) is 0 Å². The molecule has 0 amide bonds. The molecule has 1 aromatic rings. The molecule has 5 nitrogen and oxygen atoms in total. The Kier molecular flexibility index (Phi) is 4.56. The molecule has 0 aliphatic heterocycles. The van der Waals surface area contributed by atoms with Crippen LogP contribution >= 0.6 is 23.2 Å². The zero-order valence-corrected chi connectivity index (χ0v) is 9.98. The Balaban J connectivity index is 2.65. The minimum Gasteiger partial charge on any atom is -0.266 e. The minimum atomic E-state index is -3.39. The highest BCUT2D eigenvalue weighted by Crippen LogP contribution is 2.08. The zero-order chi connectivity index (χ0) is 11.3. The number of halogens is 2. The van der Waals surface area contributed by atoms with Gasteiger partial charge in [0.15, 0.2) is 11.0 Å². The molecule has 0 aliphatic rings. The molecule has 1 N–H and O–H groups in total. The molecular weight excluding hydrogens is 261 g/mol. The van der Waals surface area contributed by atoms with Crippen molar-refractivity contribution in [2.45, 2.75) is 6.42 Å². The first kappa shape index (κ1) is 12.5. The number of nitrogens with zero attached hydrogens (tertiary/aromatic N) is 2. The number of hydrogen-bond acceptors (Lipinski definition) is 4. The molecule has 0 saturated heterocycles. The van der Waals surface area contributed by atoms with Crippen molar-refractivity contribution in [1.29, 1.82) is 0 Å². The normalized spacial score (nSPS) is 11.3. The van der Waals surface area contributed by atoms with Crippen LogP contribution in [-0.2, 0) is 10.0 Å². The summed E-state index contributed by atoms with van der Waals surface area (Å²) in [6, 6.07) is 2.89. The van der Waals surface area contributed by atoms with Crippen molar-refractivity contribution in [3.05, 3.63) is 17.3 Å². The van der Waals surface area contributed by atoms with Crippen LogP contribution in [0.3, 0.4) is 0 Å². The van der Waals surface area contributed by atoms with Gasteiger partial charge in [0.05, 0.1) is 5.75 Å². The molecule has 0 radical (unpaired) electrons. The first-order valence-corrected chi connectivity index (χ1v) is 6.66. The maximum Gasteiger partial charge on any atom is 0.233 e.